The van der Waals surface area contributed by atoms with Crippen LogP contribution in [0.2, 0.25) is 0 Å². The maximum absolute atomic E-state index is 12.4. The molecular weight excluding hydrogens is 743 g/mol. The topological polar surface area (TPSA) is 95.9 Å². The largest absolute Gasteiger partial charge is 0.466 e. The van der Waals surface area contributed by atoms with Crippen molar-refractivity contribution in [3.63, 3.8) is 0 Å². The molecule has 0 aliphatic rings. The van der Waals surface area contributed by atoms with E-state index in [0.717, 1.165) is 70.6 Å². The minimum absolute atomic E-state index is 0.0432. The van der Waals surface area contributed by atoms with Crippen LogP contribution in [0.15, 0.2) is 24.3 Å². The number of hydrogen-bond acceptors (Lipinski definition) is 5. The Morgan fingerprint density at radius 1 is 0.450 bits per heavy atom. The summed E-state index contributed by atoms with van der Waals surface area (Å²) < 4.78 is 5.44. The minimum Gasteiger partial charge on any atom is -0.466 e. The summed E-state index contributed by atoms with van der Waals surface area (Å²) in [6, 6.07) is -0.580. The van der Waals surface area contributed by atoms with Gasteiger partial charge in [0.15, 0.2) is 0 Å². The zero-order valence-corrected chi connectivity index (χ0v) is 40.2. The molecule has 6 nitrogen and oxygen atoms in total. The minimum atomic E-state index is -0.696. The molecule has 0 bridgehead atoms. The number of aliphatic hydroxyl groups excluding tert-OH is 2. The standard InChI is InChI=1S/C54H103NO5/c1-3-5-7-9-11-13-15-17-19-20-21-22-24-25-27-30-34-38-42-46-52(57)51(50-56)55-53(58)47-43-39-35-31-29-33-37-41-45-49-60-54(59)48-44-40-36-32-28-26-23-18-16-14-12-10-8-6-4-2/h18,23,31,35,51-52,56-57H,3-17,19-22,24-30,32-34,36-50H2,1-2H3,(H,55,58)/b23-18-,35-31-. The van der Waals surface area contributed by atoms with Crippen LogP contribution in [0.4, 0.5) is 0 Å². The van der Waals surface area contributed by atoms with Crippen molar-refractivity contribution in [2.24, 2.45) is 0 Å². The van der Waals surface area contributed by atoms with E-state index in [0.29, 0.717) is 25.9 Å². The normalized spacial score (nSPS) is 12.8. The number of carbonyl (C=O) groups is 2. The molecular formula is C54H103NO5. The molecule has 0 spiro atoms. The average molecular weight is 846 g/mol. The van der Waals surface area contributed by atoms with Crippen LogP contribution in [0.1, 0.15) is 284 Å². The van der Waals surface area contributed by atoms with Gasteiger partial charge in [-0.25, -0.2) is 0 Å². The molecule has 60 heavy (non-hydrogen) atoms. The Kier molecular flexibility index (Phi) is 48.6. The zero-order chi connectivity index (χ0) is 43.7. The number of amides is 1. The van der Waals surface area contributed by atoms with Crippen molar-refractivity contribution in [3.05, 3.63) is 24.3 Å². The molecule has 0 aromatic heterocycles. The molecule has 6 heteroatoms. The van der Waals surface area contributed by atoms with Crippen molar-refractivity contribution in [1.29, 1.82) is 0 Å². The first-order valence-corrected chi connectivity index (χ1v) is 26.6. The van der Waals surface area contributed by atoms with Gasteiger partial charge in [-0.2, -0.15) is 0 Å². The van der Waals surface area contributed by atoms with Gasteiger partial charge in [0, 0.05) is 12.8 Å². The summed E-state index contributed by atoms with van der Waals surface area (Å²) >= 11 is 0. The fourth-order valence-electron chi connectivity index (χ4n) is 8.11. The summed E-state index contributed by atoms with van der Waals surface area (Å²) in [5.41, 5.74) is 0. The monoisotopic (exact) mass is 846 g/mol. The maximum Gasteiger partial charge on any atom is 0.305 e. The molecule has 0 aromatic carbocycles. The van der Waals surface area contributed by atoms with Gasteiger partial charge >= 0.3 is 5.97 Å². The smallest absolute Gasteiger partial charge is 0.305 e. The number of carbonyl (C=O) groups excluding carboxylic acids is 2. The molecule has 0 rings (SSSR count). The van der Waals surface area contributed by atoms with Crippen molar-refractivity contribution in [3.8, 4) is 0 Å². The van der Waals surface area contributed by atoms with E-state index in [4.69, 9.17) is 4.74 Å². The molecule has 0 aliphatic heterocycles. The number of unbranched alkanes of at least 4 members (excludes halogenated alkanes) is 34. The molecule has 0 heterocycles. The molecule has 0 saturated heterocycles. The van der Waals surface area contributed by atoms with E-state index in [1.165, 1.54) is 180 Å². The second-order valence-corrected chi connectivity index (χ2v) is 18.2. The predicted octanol–water partition coefficient (Wildman–Crippen LogP) is 15.9. The molecule has 0 aromatic rings. The second-order valence-electron chi connectivity index (χ2n) is 18.2. The van der Waals surface area contributed by atoms with Crippen molar-refractivity contribution < 1.29 is 24.5 Å². The number of allylic oxidation sites excluding steroid dienone is 4. The molecule has 2 unspecified atom stereocenters. The van der Waals surface area contributed by atoms with E-state index < -0.39 is 12.1 Å². The molecule has 0 fully saturated rings. The Balaban J connectivity index is 3.54. The molecule has 3 N–H and O–H groups in total. The molecule has 0 saturated carbocycles. The van der Waals surface area contributed by atoms with Gasteiger partial charge in [0.05, 0.1) is 25.4 Å². The van der Waals surface area contributed by atoms with E-state index in [9.17, 15) is 19.8 Å². The van der Waals surface area contributed by atoms with Crippen molar-refractivity contribution in [1.82, 2.24) is 5.32 Å². The third kappa shape index (κ3) is 45.9. The van der Waals surface area contributed by atoms with E-state index >= 15 is 0 Å². The Labute approximate surface area is 373 Å². The number of aliphatic hydroxyl groups is 2. The van der Waals surface area contributed by atoms with Crippen molar-refractivity contribution in [2.75, 3.05) is 13.2 Å². The van der Waals surface area contributed by atoms with Crippen LogP contribution in [0.3, 0.4) is 0 Å². The third-order valence-electron chi connectivity index (χ3n) is 12.2. The first-order chi connectivity index (χ1) is 29.5. The number of rotatable bonds is 49. The zero-order valence-electron chi connectivity index (χ0n) is 40.2. The van der Waals surface area contributed by atoms with Gasteiger partial charge < -0.3 is 20.3 Å². The van der Waals surface area contributed by atoms with Gasteiger partial charge in [-0.1, -0.05) is 224 Å². The van der Waals surface area contributed by atoms with Gasteiger partial charge in [-0.15, -0.1) is 0 Å². The molecule has 2 atom stereocenters. The van der Waals surface area contributed by atoms with Gasteiger partial charge in [0.1, 0.15) is 0 Å². The van der Waals surface area contributed by atoms with Gasteiger partial charge in [-0.3, -0.25) is 9.59 Å². The summed E-state index contributed by atoms with van der Waals surface area (Å²) in [6.45, 7) is 4.86. The second kappa shape index (κ2) is 50.0. The highest BCUT2D eigenvalue weighted by Gasteiger charge is 2.20. The average Bonchev–Trinajstić information content (AvgIpc) is 3.25. The van der Waals surface area contributed by atoms with E-state index in [1.54, 1.807) is 0 Å². The molecule has 0 radical (unpaired) electrons. The highest BCUT2D eigenvalue weighted by atomic mass is 16.5. The number of nitrogens with one attached hydrogen (secondary N) is 1. The number of esters is 1. The van der Waals surface area contributed by atoms with Crippen LogP contribution < -0.4 is 5.32 Å². The SMILES string of the molecule is CCCCCCCC/C=C\CCCCCCCC(=O)OCCCCCC/C=C\CCCC(=O)NC(CO)C(O)CCCCCCCCCCCCCCCCCCCCC. The summed E-state index contributed by atoms with van der Waals surface area (Å²) in [5, 5.41) is 23.2. The van der Waals surface area contributed by atoms with E-state index in [1.807, 2.05) is 0 Å². The highest BCUT2D eigenvalue weighted by molar-refractivity contribution is 5.76. The number of hydrogen-bond donors (Lipinski definition) is 3. The lowest BCUT2D eigenvalue weighted by molar-refractivity contribution is -0.143. The van der Waals surface area contributed by atoms with Crippen LogP contribution in [-0.4, -0.2) is 47.4 Å². The van der Waals surface area contributed by atoms with Gasteiger partial charge in [-0.05, 0) is 70.6 Å². The number of ether oxygens (including phenoxy) is 1. The van der Waals surface area contributed by atoms with Crippen LogP contribution in [-0.2, 0) is 14.3 Å². The first-order valence-electron chi connectivity index (χ1n) is 26.6. The highest BCUT2D eigenvalue weighted by Crippen LogP contribution is 2.16. The van der Waals surface area contributed by atoms with Crippen molar-refractivity contribution >= 4 is 11.9 Å². The van der Waals surface area contributed by atoms with E-state index in [2.05, 4.69) is 43.5 Å². The summed E-state index contributed by atoms with van der Waals surface area (Å²) in [5.74, 6) is -0.138. The maximum atomic E-state index is 12.4. The van der Waals surface area contributed by atoms with Crippen LogP contribution >= 0.6 is 0 Å². The van der Waals surface area contributed by atoms with E-state index in [-0.39, 0.29) is 18.5 Å². The Bertz CT molecular complexity index is 935. The fourth-order valence-corrected chi connectivity index (χ4v) is 8.11. The molecule has 1 amide bonds. The lowest BCUT2D eigenvalue weighted by Crippen LogP contribution is -2.45. The quantitative estimate of drug-likeness (QED) is 0.0322. The Hall–Kier alpha value is -1.66. The molecule has 354 valence electrons. The Morgan fingerprint density at radius 2 is 0.800 bits per heavy atom. The van der Waals surface area contributed by atoms with Gasteiger partial charge in [0.25, 0.3) is 0 Å². The summed E-state index contributed by atoms with van der Waals surface area (Å²) in [7, 11) is 0. The fraction of sp³-hybridized carbons (Fsp3) is 0.889. The Morgan fingerprint density at radius 3 is 1.22 bits per heavy atom. The lowest BCUT2D eigenvalue weighted by Gasteiger charge is -2.22. The van der Waals surface area contributed by atoms with Crippen molar-refractivity contribution in [2.45, 2.75) is 296 Å². The van der Waals surface area contributed by atoms with Gasteiger partial charge in [0.2, 0.25) is 5.91 Å². The summed E-state index contributed by atoms with van der Waals surface area (Å²) in [6.07, 6.45) is 58.7. The van der Waals surface area contributed by atoms with Crippen LogP contribution in [0, 0.1) is 0 Å². The molecule has 0 aliphatic carbocycles. The predicted molar refractivity (Wildman–Crippen MR) is 260 cm³/mol. The lowest BCUT2D eigenvalue weighted by atomic mass is 10.0. The first kappa shape index (κ1) is 58.3. The third-order valence-corrected chi connectivity index (χ3v) is 12.2. The summed E-state index contributed by atoms with van der Waals surface area (Å²) in [4.78, 5) is 24.5. The van der Waals surface area contributed by atoms with Crippen LogP contribution in [0.25, 0.3) is 0 Å². The van der Waals surface area contributed by atoms with Crippen LogP contribution in [0.5, 0.6) is 0 Å².